The zero-order valence-corrected chi connectivity index (χ0v) is 12.5. The van der Waals surface area contributed by atoms with E-state index in [0.717, 1.165) is 18.5 Å². The lowest BCUT2D eigenvalue weighted by Crippen LogP contribution is -2.26. The van der Waals surface area contributed by atoms with Gasteiger partial charge < -0.3 is 10.2 Å². The minimum atomic E-state index is -0.207. The van der Waals surface area contributed by atoms with Crippen molar-refractivity contribution in [1.82, 2.24) is 5.32 Å². The van der Waals surface area contributed by atoms with Gasteiger partial charge in [0.2, 0.25) is 0 Å². The zero-order chi connectivity index (χ0) is 15.0. The molecule has 0 amide bonds. The summed E-state index contributed by atoms with van der Waals surface area (Å²) in [6, 6.07) is 5.72. The third kappa shape index (κ3) is 4.82. The van der Waals surface area contributed by atoms with Gasteiger partial charge in [-0.3, -0.25) is 0 Å². The number of anilines is 1. The van der Waals surface area contributed by atoms with Gasteiger partial charge in [0, 0.05) is 25.7 Å². The monoisotopic (exact) mass is 276 g/mol. The molecule has 1 N–H and O–H groups in total. The van der Waals surface area contributed by atoms with Crippen molar-refractivity contribution in [3.63, 3.8) is 0 Å². The Morgan fingerprint density at radius 1 is 1.30 bits per heavy atom. The number of nitrogens with zero attached hydrogens (tertiary/aromatic N) is 1. The maximum atomic E-state index is 14.0. The minimum Gasteiger partial charge on any atom is -0.362 e. The number of halogens is 1. The van der Waals surface area contributed by atoms with E-state index in [2.05, 4.69) is 32.3 Å². The summed E-state index contributed by atoms with van der Waals surface area (Å²) in [5.41, 5.74) is 1.69. The van der Waals surface area contributed by atoms with Crippen molar-refractivity contribution in [2.45, 2.75) is 32.9 Å². The van der Waals surface area contributed by atoms with Gasteiger partial charge >= 0.3 is 0 Å². The average molecular weight is 276 g/mol. The first-order chi connectivity index (χ1) is 9.62. The molecule has 0 aliphatic rings. The molecule has 1 aromatic rings. The molecule has 0 aliphatic carbocycles. The van der Waals surface area contributed by atoms with E-state index >= 15 is 0 Å². The van der Waals surface area contributed by atoms with E-state index in [4.69, 9.17) is 0 Å². The quantitative estimate of drug-likeness (QED) is 0.688. The summed E-state index contributed by atoms with van der Waals surface area (Å²) < 4.78 is 14.0. The highest BCUT2D eigenvalue weighted by Gasteiger charge is 2.10. The second kappa shape index (κ2) is 8.54. The third-order valence-electron chi connectivity index (χ3n) is 3.32. The van der Waals surface area contributed by atoms with Crippen LogP contribution in [0.4, 0.5) is 10.1 Å². The fourth-order valence-electron chi connectivity index (χ4n) is 1.93. The molecule has 0 spiro atoms. The summed E-state index contributed by atoms with van der Waals surface area (Å²) in [6.07, 6.45) is 4.62. The van der Waals surface area contributed by atoms with E-state index in [0.29, 0.717) is 24.8 Å². The molecule has 0 aliphatic heterocycles. The Bertz CT molecular complexity index is 433. The van der Waals surface area contributed by atoms with Crippen LogP contribution >= 0.6 is 0 Å². The standard InChI is InChI=1S/C17H25FN2/c1-5-10-20(11-6-2)17-12-15(8-9-16(17)18)13-19-14(4)7-3/h5-6,8-9,12,14,19H,1-2,7,10-11,13H2,3-4H3. The molecule has 0 bridgehead atoms. The van der Waals surface area contributed by atoms with Gasteiger partial charge in [0.05, 0.1) is 5.69 Å². The predicted octanol–water partition coefficient (Wildman–Crippen LogP) is 3.89. The van der Waals surface area contributed by atoms with Crippen LogP contribution in [-0.2, 0) is 6.54 Å². The van der Waals surface area contributed by atoms with Crippen LogP contribution in [0.2, 0.25) is 0 Å². The molecule has 0 fully saturated rings. The molecular formula is C17H25FN2. The predicted molar refractivity (Wildman–Crippen MR) is 85.6 cm³/mol. The highest BCUT2D eigenvalue weighted by atomic mass is 19.1. The number of benzene rings is 1. The van der Waals surface area contributed by atoms with Crippen molar-refractivity contribution in [2.75, 3.05) is 18.0 Å². The molecule has 110 valence electrons. The Labute approximate surface area is 122 Å². The first kappa shape index (κ1) is 16.4. The molecule has 20 heavy (non-hydrogen) atoms. The Balaban J connectivity index is 2.88. The molecular weight excluding hydrogens is 251 g/mol. The van der Waals surface area contributed by atoms with Crippen molar-refractivity contribution in [1.29, 1.82) is 0 Å². The number of hydrogen-bond acceptors (Lipinski definition) is 2. The fourth-order valence-corrected chi connectivity index (χ4v) is 1.93. The normalized spacial score (nSPS) is 11.9. The highest BCUT2D eigenvalue weighted by molar-refractivity contribution is 5.51. The van der Waals surface area contributed by atoms with Crippen LogP contribution in [-0.4, -0.2) is 19.1 Å². The van der Waals surface area contributed by atoms with Crippen LogP contribution in [0.3, 0.4) is 0 Å². The van der Waals surface area contributed by atoms with Gasteiger partial charge in [0.25, 0.3) is 0 Å². The van der Waals surface area contributed by atoms with Gasteiger partial charge in [-0.25, -0.2) is 4.39 Å². The van der Waals surface area contributed by atoms with Crippen LogP contribution in [0.25, 0.3) is 0 Å². The van der Waals surface area contributed by atoms with Gasteiger partial charge in [-0.15, -0.1) is 13.2 Å². The first-order valence-corrected chi connectivity index (χ1v) is 7.10. The fraction of sp³-hybridized carbons (Fsp3) is 0.412. The molecule has 0 saturated heterocycles. The summed E-state index contributed by atoms with van der Waals surface area (Å²) >= 11 is 0. The lowest BCUT2D eigenvalue weighted by Gasteiger charge is -2.23. The number of nitrogens with one attached hydrogen (secondary N) is 1. The summed E-state index contributed by atoms with van der Waals surface area (Å²) in [4.78, 5) is 1.92. The van der Waals surface area contributed by atoms with Gasteiger partial charge in [-0.1, -0.05) is 25.1 Å². The number of hydrogen-bond donors (Lipinski definition) is 1. The van der Waals surface area contributed by atoms with E-state index in [1.807, 2.05) is 17.0 Å². The van der Waals surface area contributed by atoms with E-state index in [1.165, 1.54) is 6.07 Å². The van der Waals surface area contributed by atoms with Crippen molar-refractivity contribution < 1.29 is 4.39 Å². The Morgan fingerprint density at radius 2 is 1.95 bits per heavy atom. The maximum Gasteiger partial charge on any atom is 0.146 e. The third-order valence-corrected chi connectivity index (χ3v) is 3.32. The molecule has 1 rings (SSSR count). The van der Waals surface area contributed by atoms with Crippen molar-refractivity contribution in [3.8, 4) is 0 Å². The highest BCUT2D eigenvalue weighted by Crippen LogP contribution is 2.21. The summed E-state index contributed by atoms with van der Waals surface area (Å²) in [5.74, 6) is -0.207. The van der Waals surface area contributed by atoms with Gasteiger partial charge in [0.15, 0.2) is 0 Å². The second-order valence-corrected chi connectivity index (χ2v) is 4.96. The van der Waals surface area contributed by atoms with E-state index in [1.54, 1.807) is 12.2 Å². The molecule has 0 heterocycles. The van der Waals surface area contributed by atoms with Crippen molar-refractivity contribution in [2.24, 2.45) is 0 Å². The van der Waals surface area contributed by atoms with Crippen LogP contribution in [0.5, 0.6) is 0 Å². The Kier molecular flexibility index (Phi) is 7.02. The van der Waals surface area contributed by atoms with Crippen LogP contribution < -0.4 is 10.2 Å². The average Bonchev–Trinajstić information content (AvgIpc) is 2.46. The molecule has 3 heteroatoms. The Hall–Kier alpha value is -1.61. The lowest BCUT2D eigenvalue weighted by molar-refractivity contribution is 0.533. The largest absolute Gasteiger partial charge is 0.362 e. The number of rotatable bonds is 9. The first-order valence-electron chi connectivity index (χ1n) is 7.10. The van der Waals surface area contributed by atoms with Gasteiger partial charge in [-0.05, 0) is 31.0 Å². The van der Waals surface area contributed by atoms with Crippen molar-refractivity contribution >= 4 is 5.69 Å². The van der Waals surface area contributed by atoms with Gasteiger partial charge in [0.1, 0.15) is 5.82 Å². The summed E-state index contributed by atoms with van der Waals surface area (Å²) in [7, 11) is 0. The second-order valence-electron chi connectivity index (χ2n) is 4.96. The van der Waals surface area contributed by atoms with E-state index < -0.39 is 0 Å². The molecule has 0 aromatic heterocycles. The summed E-state index contributed by atoms with van der Waals surface area (Å²) in [5, 5.41) is 3.42. The molecule has 2 nitrogen and oxygen atoms in total. The van der Waals surface area contributed by atoms with E-state index in [-0.39, 0.29) is 5.82 Å². The Morgan fingerprint density at radius 3 is 2.50 bits per heavy atom. The molecule has 1 unspecified atom stereocenters. The smallest absolute Gasteiger partial charge is 0.146 e. The molecule has 1 aromatic carbocycles. The van der Waals surface area contributed by atoms with Crippen LogP contribution in [0.15, 0.2) is 43.5 Å². The van der Waals surface area contributed by atoms with Crippen LogP contribution in [0, 0.1) is 5.82 Å². The van der Waals surface area contributed by atoms with Crippen molar-refractivity contribution in [3.05, 3.63) is 54.9 Å². The van der Waals surface area contributed by atoms with Gasteiger partial charge in [-0.2, -0.15) is 0 Å². The summed E-state index contributed by atoms with van der Waals surface area (Å²) in [6.45, 7) is 13.7. The van der Waals surface area contributed by atoms with E-state index in [9.17, 15) is 4.39 Å². The minimum absolute atomic E-state index is 0.207. The SMILES string of the molecule is C=CCN(CC=C)c1cc(CNC(C)CC)ccc1F. The molecule has 0 radical (unpaired) electrons. The van der Waals surface area contributed by atoms with Crippen LogP contribution in [0.1, 0.15) is 25.8 Å². The maximum absolute atomic E-state index is 14.0. The zero-order valence-electron chi connectivity index (χ0n) is 12.5. The lowest BCUT2D eigenvalue weighted by atomic mass is 10.1. The topological polar surface area (TPSA) is 15.3 Å². The molecule has 1 atom stereocenters. The molecule has 0 saturated carbocycles.